The smallest absolute Gasteiger partial charge is 0.0848 e. The van der Waals surface area contributed by atoms with Crippen LogP contribution in [0, 0.1) is 0 Å². The summed E-state index contributed by atoms with van der Waals surface area (Å²) in [7, 11) is 1.78. The fourth-order valence-corrected chi connectivity index (χ4v) is 3.05. The maximum atomic E-state index is 5.75. The van der Waals surface area contributed by atoms with Gasteiger partial charge in [-0.15, -0.1) is 0 Å². The minimum Gasteiger partial charge on any atom is -0.377 e. The standard InChI is InChI=1S/C16H21N3O/c1-20-16(9-4-10-16)15(19-17)11-13-8-7-12-5-2-3-6-14(12)18-13/h2-3,5-8,15,19H,4,9-11,17H2,1H3. The van der Waals surface area contributed by atoms with E-state index >= 15 is 0 Å². The molecular weight excluding hydrogens is 250 g/mol. The van der Waals surface area contributed by atoms with Crippen molar-refractivity contribution in [2.24, 2.45) is 5.84 Å². The molecule has 1 aromatic heterocycles. The lowest BCUT2D eigenvalue weighted by Crippen LogP contribution is -2.59. The highest BCUT2D eigenvalue weighted by atomic mass is 16.5. The van der Waals surface area contributed by atoms with Crippen molar-refractivity contribution in [3.63, 3.8) is 0 Å². The molecule has 3 N–H and O–H groups in total. The van der Waals surface area contributed by atoms with Crippen LogP contribution in [-0.4, -0.2) is 23.7 Å². The molecule has 1 heterocycles. The van der Waals surface area contributed by atoms with Gasteiger partial charge in [0.1, 0.15) is 0 Å². The number of ether oxygens (including phenoxy) is 1. The lowest BCUT2D eigenvalue weighted by molar-refractivity contribution is -0.0983. The van der Waals surface area contributed by atoms with Gasteiger partial charge in [0.2, 0.25) is 0 Å². The van der Waals surface area contributed by atoms with Gasteiger partial charge < -0.3 is 4.74 Å². The molecule has 1 unspecified atom stereocenters. The van der Waals surface area contributed by atoms with E-state index in [1.54, 1.807) is 7.11 Å². The SMILES string of the molecule is COC1(C(Cc2ccc3ccccc3n2)NN)CCC1. The van der Waals surface area contributed by atoms with Gasteiger partial charge >= 0.3 is 0 Å². The van der Waals surface area contributed by atoms with Crippen molar-refractivity contribution < 1.29 is 4.74 Å². The molecule has 4 nitrogen and oxygen atoms in total. The summed E-state index contributed by atoms with van der Waals surface area (Å²) in [4.78, 5) is 4.72. The summed E-state index contributed by atoms with van der Waals surface area (Å²) in [5, 5.41) is 1.17. The fourth-order valence-electron chi connectivity index (χ4n) is 3.05. The number of hydrazine groups is 1. The maximum absolute atomic E-state index is 5.75. The molecule has 4 heteroatoms. The minimum atomic E-state index is -0.123. The summed E-state index contributed by atoms with van der Waals surface area (Å²) in [5.41, 5.74) is 4.88. The number of para-hydroxylation sites is 1. The van der Waals surface area contributed by atoms with Crippen molar-refractivity contribution in [1.82, 2.24) is 10.4 Å². The van der Waals surface area contributed by atoms with Gasteiger partial charge in [0.25, 0.3) is 0 Å². The van der Waals surface area contributed by atoms with Crippen LogP contribution in [0.2, 0.25) is 0 Å². The zero-order valence-electron chi connectivity index (χ0n) is 11.8. The molecule has 0 bridgehead atoms. The van der Waals surface area contributed by atoms with Gasteiger partial charge in [0, 0.05) is 24.6 Å². The molecule has 1 aliphatic rings. The molecule has 1 atom stereocenters. The van der Waals surface area contributed by atoms with Crippen molar-refractivity contribution >= 4 is 10.9 Å². The monoisotopic (exact) mass is 271 g/mol. The molecule has 1 aromatic carbocycles. The van der Waals surface area contributed by atoms with E-state index in [1.807, 2.05) is 18.2 Å². The summed E-state index contributed by atoms with van der Waals surface area (Å²) in [6.45, 7) is 0. The fraction of sp³-hybridized carbons (Fsp3) is 0.438. The third-order valence-corrected chi connectivity index (χ3v) is 4.51. The summed E-state index contributed by atoms with van der Waals surface area (Å²) < 4.78 is 5.72. The predicted octanol–water partition coefficient (Wildman–Crippen LogP) is 2.18. The second kappa shape index (κ2) is 5.48. The summed E-state index contributed by atoms with van der Waals surface area (Å²) in [6, 6.07) is 12.5. The molecule has 1 saturated carbocycles. The third-order valence-electron chi connectivity index (χ3n) is 4.51. The number of pyridine rings is 1. The Morgan fingerprint density at radius 1 is 1.30 bits per heavy atom. The van der Waals surface area contributed by atoms with E-state index in [0.29, 0.717) is 0 Å². The highest BCUT2D eigenvalue weighted by Crippen LogP contribution is 2.38. The van der Waals surface area contributed by atoms with Crippen LogP contribution in [0.5, 0.6) is 0 Å². The Bertz CT molecular complexity index is 590. The van der Waals surface area contributed by atoms with Gasteiger partial charge in [0.05, 0.1) is 17.2 Å². The van der Waals surface area contributed by atoms with Crippen LogP contribution < -0.4 is 11.3 Å². The maximum Gasteiger partial charge on any atom is 0.0848 e. The van der Waals surface area contributed by atoms with Crippen molar-refractivity contribution in [2.75, 3.05) is 7.11 Å². The first-order chi connectivity index (χ1) is 9.77. The summed E-state index contributed by atoms with van der Waals surface area (Å²) >= 11 is 0. The van der Waals surface area contributed by atoms with E-state index in [9.17, 15) is 0 Å². The number of hydrogen-bond donors (Lipinski definition) is 2. The number of hydrogen-bond acceptors (Lipinski definition) is 4. The van der Waals surface area contributed by atoms with Gasteiger partial charge in [-0.25, -0.2) is 0 Å². The van der Waals surface area contributed by atoms with E-state index in [0.717, 1.165) is 30.5 Å². The van der Waals surface area contributed by atoms with E-state index < -0.39 is 0 Å². The molecule has 0 saturated heterocycles. The Hall–Kier alpha value is -1.49. The van der Waals surface area contributed by atoms with Gasteiger partial charge in [-0.05, 0) is 31.4 Å². The molecule has 0 aliphatic heterocycles. The van der Waals surface area contributed by atoms with Gasteiger partial charge in [-0.1, -0.05) is 24.3 Å². The number of fused-ring (bicyclic) bond motifs is 1. The van der Waals surface area contributed by atoms with Crippen molar-refractivity contribution in [3.8, 4) is 0 Å². The second-order valence-electron chi connectivity index (χ2n) is 5.54. The van der Waals surface area contributed by atoms with Crippen LogP contribution in [0.25, 0.3) is 10.9 Å². The molecule has 1 fully saturated rings. The predicted molar refractivity (Wildman–Crippen MR) is 80.1 cm³/mol. The highest BCUT2D eigenvalue weighted by molar-refractivity contribution is 5.78. The van der Waals surface area contributed by atoms with Crippen LogP contribution in [0.4, 0.5) is 0 Å². The molecular formula is C16H21N3O. The Morgan fingerprint density at radius 2 is 2.10 bits per heavy atom. The zero-order valence-corrected chi connectivity index (χ0v) is 11.8. The molecule has 2 aromatic rings. The third kappa shape index (κ3) is 2.30. The summed E-state index contributed by atoms with van der Waals surface area (Å²) in [5.74, 6) is 5.75. The van der Waals surface area contributed by atoms with Crippen LogP contribution in [-0.2, 0) is 11.2 Å². The number of nitrogens with one attached hydrogen (secondary N) is 1. The van der Waals surface area contributed by atoms with Gasteiger partial charge in [0.15, 0.2) is 0 Å². The van der Waals surface area contributed by atoms with Crippen LogP contribution in [0.3, 0.4) is 0 Å². The number of benzene rings is 1. The molecule has 0 amide bonds. The van der Waals surface area contributed by atoms with E-state index in [4.69, 9.17) is 15.6 Å². The highest BCUT2D eigenvalue weighted by Gasteiger charge is 2.44. The minimum absolute atomic E-state index is 0.106. The van der Waals surface area contributed by atoms with Crippen molar-refractivity contribution in [1.29, 1.82) is 0 Å². The van der Waals surface area contributed by atoms with Crippen LogP contribution in [0.1, 0.15) is 25.0 Å². The topological polar surface area (TPSA) is 60.2 Å². The molecule has 0 radical (unpaired) electrons. The normalized spacial score (nSPS) is 18.7. The lowest BCUT2D eigenvalue weighted by atomic mass is 9.73. The Balaban J connectivity index is 1.83. The number of nitrogens with two attached hydrogens (primary N) is 1. The molecule has 1 aliphatic carbocycles. The summed E-state index contributed by atoms with van der Waals surface area (Å²) in [6.07, 6.45) is 4.12. The zero-order chi connectivity index (χ0) is 14.0. The van der Waals surface area contributed by atoms with E-state index in [-0.39, 0.29) is 11.6 Å². The van der Waals surface area contributed by atoms with E-state index in [1.165, 1.54) is 11.8 Å². The Labute approximate surface area is 119 Å². The quantitative estimate of drug-likeness (QED) is 0.646. The largest absolute Gasteiger partial charge is 0.377 e. The first-order valence-corrected chi connectivity index (χ1v) is 7.13. The van der Waals surface area contributed by atoms with Crippen LogP contribution >= 0.6 is 0 Å². The number of aromatic nitrogens is 1. The van der Waals surface area contributed by atoms with Crippen molar-refractivity contribution in [2.45, 2.75) is 37.3 Å². The number of nitrogens with zero attached hydrogens (tertiary/aromatic N) is 1. The Morgan fingerprint density at radius 3 is 2.75 bits per heavy atom. The molecule has 20 heavy (non-hydrogen) atoms. The molecule has 106 valence electrons. The first-order valence-electron chi connectivity index (χ1n) is 7.13. The molecule has 3 rings (SSSR count). The average molecular weight is 271 g/mol. The molecule has 0 spiro atoms. The van der Waals surface area contributed by atoms with Crippen LogP contribution in [0.15, 0.2) is 36.4 Å². The van der Waals surface area contributed by atoms with Crippen molar-refractivity contribution in [3.05, 3.63) is 42.1 Å². The lowest BCUT2D eigenvalue weighted by Gasteiger charge is -2.46. The van der Waals surface area contributed by atoms with Gasteiger partial charge in [-0.2, -0.15) is 0 Å². The Kier molecular flexibility index (Phi) is 3.70. The van der Waals surface area contributed by atoms with E-state index in [2.05, 4.69) is 23.6 Å². The number of rotatable bonds is 5. The first kappa shape index (κ1) is 13.5. The average Bonchev–Trinajstić information content (AvgIpc) is 2.45. The van der Waals surface area contributed by atoms with Gasteiger partial charge in [-0.3, -0.25) is 16.3 Å². The number of methoxy groups -OCH3 is 1. The second-order valence-corrected chi connectivity index (χ2v) is 5.54.